The molecule has 2 aliphatic heterocycles. The van der Waals surface area contributed by atoms with Gasteiger partial charge in [0.2, 0.25) is 5.90 Å². The molecule has 0 aliphatic carbocycles. The van der Waals surface area contributed by atoms with Crippen LogP contribution in [0, 0.1) is 0 Å². The van der Waals surface area contributed by atoms with E-state index in [0.29, 0.717) is 19.0 Å². The van der Waals surface area contributed by atoms with E-state index in [1.54, 1.807) is 12.0 Å². The molecule has 6 nitrogen and oxygen atoms in total. The zero-order valence-electron chi connectivity index (χ0n) is 13.9. The van der Waals surface area contributed by atoms with Crippen molar-refractivity contribution in [1.82, 2.24) is 4.90 Å². The molecule has 0 saturated carbocycles. The van der Waals surface area contributed by atoms with Crippen LogP contribution in [0.3, 0.4) is 0 Å². The van der Waals surface area contributed by atoms with E-state index in [1.807, 2.05) is 45.0 Å². The van der Waals surface area contributed by atoms with Crippen molar-refractivity contribution >= 4 is 12.0 Å². The topological polar surface area (TPSA) is 60.4 Å². The van der Waals surface area contributed by atoms with Gasteiger partial charge in [0.1, 0.15) is 23.5 Å². The number of hydrogen-bond acceptors (Lipinski definition) is 5. The van der Waals surface area contributed by atoms with E-state index in [9.17, 15) is 4.79 Å². The van der Waals surface area contributed by atoms with Crippen molar-refractivity contribution in [1.29, 1.82) is 0 Å². The van der Waals surface area contributed by atoms with Crippen LogP contribution in [0.15, 0.2) is 29.3 Å². The first-order valence-electron chi connectivity index (χ1n) is 7.72. The monoisotopic (exact) mass is 318 g/mol. The summed E-state index contributed by atoms with van der Waals surface area (Å²) in [5.74, 6) is 1.43. The van der Waals surface area contributed by atoms with Gasteiger partial charge in [0, 0.05) is 5.56 Å². The van der Waals surface area contributed by atoms with Crippen LogP contribution in [0.1, 0.15) is 26.3 Å². The quantitative estimate of drug-likeness (QED) is 0.840. The minimum atomic E-state index is -0.493. The number of fused-ring (bicyclic) bond motifs is 1. The summed E-state index contributed by atoms with van der Waals surface area (Å²) in [5, 5.41) is 0. The Morgan fingerprint density at radius 2 is 1.96 bits per heavy atom. The molecular formula is C17H22N2O4. The normalized spacial score (nSPS) is 23.1. The Morgan fingerprint density at radius 1 is 1.26 bits per heavy atom. The van der Waals surface area contributed by atoms with Crippen molar-refractivity contribution in [3.05, 3.63) is 29.8 Å². The molecule has 1 aromatic carbocycles. The first-order chi connectivity index (χ1) is 10.9. The second kappa shape index (κ2) is 5.76. The highest BCUT2D eigenvalue weighted by Crippen LogP contribution is 2.27. The second-order valence-electron chi connectivity index (χ2n) is 6.77. The molecule has 1 aromatic rings. The first kappa shape index (κ1) is 15.6. The minimum absolute atomic E-state index is 0.0281. The average molecular weight is 318 g/mol. The third kappa shape index (κ3) is 3.41. The standard InChI is InChI=1S/C17H22N2O4/c1-17(2,3)23-16(20)19-9-13-14(10-19)22-15(18-13)11-5-7-12(21-4)8-6-11/h5-8,13-14H,9-10H2,1-4H3. The largest absolute Gasteiger partial charge is 0.497 e. The lowest BCUT2D eigenvalue weighted by Crippen LogP contribution is -2.36. The molecule has 0 aromatic heterocycles. The summed E-state index contributed by atoms with van der Waals surface area (Å²) in [5.41, 5.74) is 0.427. The summed E-state index contributed by atoms with van der Waals surface area (Å²) in [7, 11) is 1.63. The van der Waals surface area contributed by atoms with Crippen LogP contribution in [-0.2, 0) is 9.47 Å². The van der Waals surface area contributed by atoms with Gasteiger partial charge in [-0.3, -0.25) is 0 Å². The van der Waals surface area contributed by atoms with Crippen molar-refractivity contribution in [3.63, 3.8) is 0 Å². The molecular weight excluding hydrogens is 296 g/mol. The van der Waals surface area contributed by atoms with Gasteiger partial charge in [-0.2, -0.15) is 0 Å². The molecule has 0 spiro atoms. The van der Waals surface area contributed by atoms with Crippen LogP contribution in [0.5, 0.6) is 5.75 Å². The Bertz CT molecular complexity index is 618. The Labute approximate surface area is 136 Å². The summed E-state index contributed by atoms with van der Waals surface area (Å²) >= 11 is 0. The number of aliphatic imine (C=N–C) groups is 1. The lowest BCUT2D eigenvalue weighted by atomic mass is 10.2. The Hall–Kier alpha value is -2.24. The number of rotatable bonds is 2. The fourth-order valence-electron chi connectivity index (χ4n) is 2.67. The number of carbonyl (C=O) groups excluding carboxylic acids is 1. The van der Waals surface area contributed by atoms with Crippen LogP contribution < -0.4 is 4.74 Å². The van der Waals surface area contributed by atoms with Gasteiger partial charge in [0.05, 0.1) is 20.2 Å². The Balaban J connectivity index is 1.64. The maximum Gasteiger partial charge on any atom is 0.410 e. The first-order valence-corrected chi connectivity index (χ1v) is 7.72. The molecule has 124 valence electrons. The second-order valence-corrected chi connectivity index (χ2v) is 6.77. The van der Waals surface area contributed by atoms with Gasteiger partial charge in [-0.25, -0.2) is 9.79 Å². The molecule has 1 saturated heterocycles. The van der Waals surface area contributed by atoms with Gasteiger partial charge >= 0.3 is 6.09 Å². The van der Waals surface area contributed by atoms with Gasteiger partial charge in [-0.05, 0) is 45.0 Å². The fraction of sp³-hybridized carbons (Fsp3) is 0.529. The number of benzene rings is 1. The number of nitrogens with zero attached hydrogens (tertiary/aromatic N) is 2. The minimum Gasteiger partial charge on any atom is -0.497 e. The molecule has 2 unspecified atom stereocenters. The fourth-order valence-corrected chi connectivity index (χ4v) is 2.67. The zero-order chi connectivity index (χ0) is 16.6. The molecule has 2 heterocycles. The summed E-state index contributed by atoms with van der Waals surface area (Å²) in [6.07, 6.45) is -0.406. The third-order valence-corrected chi connectivity index (χ3v) is 3.77. The van der Waals surface area contributed by atoms with E-state index >= 15 is 0 Å². The predicted octanol–water partition coefficient (Wildman–Crippen LogP) is 2.46. The van der Waals surface area contributed by atoms with Crippen LogP contribution >= 0.6 is 0 Å². The van der Waals surface area contributed by atoms with E-state index in [-0.39, 0.29) is 18.2 Å². The number of hydrogen-bond donors (Lipinski definition) is 0. The van der Waals surface area contributed by atoms with Crippen molar-refractivity contribution in [3.8, 4) is 5.75 Å². The van der Waals surface area contributed by atoms with Crippen LogP contribution in [0.4, 0.5) is 4.79 Å². The lowest BCUT2D eigenvalue weighted by molar-refractivity contribution is 0.0272. The highest BCUT2D eigenvalue weighted by molar-refractivity contribution is 5.95. The van der Waals surface area contributed by atoms with Crippen LogP contribution in [-0.4, -0.2) is 54.8 Å². The van der Waals surface area contributed by atoms with Gasteiger partial charge < -0.3 is 19.1 Å². The molecule has 6 heteroatoms. The number of likely N-dealkylation sites (tertiary alicyclic amines) is 1. The van der Waals surface area contributed by atoms with E-state index in [2.05, 4.69) is 4.99 Å². The van der Waals surface area contributed by atoms with Gasteiger partial charge in [-0.15, -0.1) is 0 Å². The third-order valence-electron chi connectivity index (χ3n) is 3.77. The molecule has 3 rings (SSSR count). The highest BCUT2D eigenvalue weighted by atomic mass is 16.6. The summed E-state index contributed by atoms with van der Waals surface area (Å²) in [6.45, 7) is 6.61. The molecule has 2 aliphatic rings. The Kier molecular flexibility index (Phi) is 3.92. The van der Waals surface area contributed by atoms with Crippen molar-refractivity contribution in [2.75, 3.05) is 20.2 Å². The number of methoxy groups -OCH3 is 1. The average Bonchev–Trinajstić information content (AvgIpc) is 3.04. The summed E-state index contributed by atoms with van der Waals surface area (Å²) in [4.78, 5) is 18.4. The van der Waals surface area contributed by atoms with E-state index in [0.717, 1.165) is 11.3 Å². The molecule has 2 atom stereocenters. The van der Waals surface area contributed by atoms with Gasteiger partial charge in [0.15, 0.2) is 0 Å². The predicted molar refractivity (Wildman–Crippen MR) is 86.0 cm³/mol. The van der Waals surface area contributed by atoms with Gasteiger partial charge in [0.25, 0.3) is 0 Å². The van der Waals surface area contributed by atoms with E-state index < -0.39 is 5.60 Å². The Morgan fingerprint density at radius 3 is 2.52 bits per heavy atom. The smallest absolute Gasteiger partial charge is 0.410 e. The van der Waals surface area contributed by atoms with E-state index in [4.69, 9.17) is 14.2 Å². The summed E-state index contributed by atoms with van der Waals surface area (Å²) in [6, 6.07) is 7.57. The van der Waals surface area contributed by atoms with Crippen LogP contribution in [0.25, 0.3) is 0 Å². The number of amides is 1. The van der Waals surface area contributed by atoms with Crippen LogP contribution in [0.2, 0.25) is 0 Å². The molecule has 1 fully saturated rings. The number of ether oxygens (including phenoxy) is 3. The molecule has 0 radical (unpaired) electrons. The maximum atomic E-state index is 12.1. The maximum absolute atomic E-state index is 12.1. The van der Waals surface area contributed by atoms with Crippen molar-refractivity contribution in [2.45, 2.75) is 38.5 Å². The molecule has 0 bridgehead atoms. The SMILES string of the molecule is COc1ccc(C2=NC3CN(C(=O)OC(C)(C)C)CC3O2)cc1. The number of carbonyl (C=O) groups is 1. The molecule has 1 amide bonds. The molecule has 0 N–H and O–H groups in total. The summed E-state index contributed by atoms with van der Waals surface area (Å²) < 4.78 is 16.5. The molecule has 23 heavy (non-hydrogen) atoms. The van der Waals surface area contributed by atoms with Gasteiger partial charge in [-0.1, -0.05) is 0 Å². The lowest BCUT2D eigenvalue weighted by Gasteiger charge is -2.24. The highest BCUT2D eigenvalue weighted by Gasteiger charge is 2.42. The van der Waals surface area contributed by atoms with Crippen molar-refractivity contribution in [2.24, 2.45) is 4.99 Å². The zero-order valence-corrected chi connectivity index (χ0v) is 13.9. The van der Waals surface area contributed by atoms with E-state index in [1.165, 1.54) is 0 Å². The van der Waals surface area contributed by atoms with Crippen molar-refractivity contribution < 1.29 is 19.0 Å².